The third kappa shape index (κ3) is 2.03. The number of rotatable bonds is 3. The highest BCUT2D eigenvalue weighted by Crippen LogP contribution is 2.34. The molecule has 0 aliphatic rings. The van der Waals surface area contributed by atoms with Gasteiger partial charge in [-0.1, -0.05) is 6.07 Å². The Morgan fingerprint density at radius 3 is 2.77 bits per heavy atom. The van der Waals surface area contributed by atoms with Gasteiger partial charge in [-0.3, -0.25) is 9.38 Å². The van der Waals surface area contributed by atoms with Crippen LogP contribution in [0.2, 0.25) is 0 Å². The number of fused-ring (bicyclic) bond motifs is 1. The Balaban J connectivity index is 2.00. The van der Waals surface area contributed by atoms with Crippen molar-refractivity contribution in [2.24, 2.45) is 0 Å². The van der Waals surface area contributed by atoms with Crippen molar-refractivity contribution in [1.82, 2.24) is 14.4 Å². The van der Waals surface area contributed by atoms with E-state index in [1.54, 1.807) is 35.1 Å². The van der Waals surface area contributed by atoms with E-state index in [1.807, 2.05) is 29.6 Å². The largest absolute Gasteiger partial charge is 0.286 e. The Kier molecular flexibility index (Phi) is 3.22. The van der Waals surface area contributed by atoms with Gasteiger partial charge in [0.25, 0.3) is 0 Å². The Morgan fingerprint density at radius 2 is 2.05 bits per heavy atom. The fourth-order valence-electron chi connectivity index (χ4n) is 2.49. The molecule has 0 saturated carbocycles. The molecule has 6 heteroatoms. The number of thiazole rings is 1. The summed E-state index contributed by atoms with van der Waals surface area (Å²) in [5.74, 6) is 0. The third-order valence-corrected chi connectivity index (χ3v) is 5.14. The molecule has 106 valence electrons. The standard InChI is InChI=1S/C16H10N4S2/c17-6-3-12-15(14-2-1-9-21-14)19-16-20(12)13(10-22-16)11-4-7-18-8-5-11/h1-2,4-5,7-10H,3H2. The van der Waals surface area contributed by atoms with E-state index in [9.17, 15) is 5.26 Å². The topological polar surface area (TPSA) is 54.0 Å². The highest BCUT2D eigenvalue weighted by atomic mass is 32.1. The lowest BCUT2D eigenvalue weighted by Gasteiger charge is -2.03. The summed E-state index contributed by atoms with van der Waals surface area (Å²) in [7, 11) is 0. The fraction of sp³-hybridized carbons (Fsp3) is 0.0625. The van der Waals surface area contributed by atoms with E-state index in [0.717, 1.165) is 32.5 Å². The van der Waals surface area contributed by atoms with Crippen LogP contribution in [0.4, 0.5) is 0 Å². The first-order chi connectivity index (χ1) is 10.9. The first-order valence-corrected chi connectivity index (χ1v) is 8.44. The van der Waals surface area contributed by atoms with Crippen molar-refractivity contribution in [3.8, 4) is 27.9 Å². The van der Waals surface area contributed by atoms with Gasteiger partial charge < -0.3 is 0 Å². The van der Waals surface area contributed by atoms with Gasteiger partial charge in [-0.2, -0.15) is 5.26 Å². The highest BCUT2D eigenvalue weighted by molar-refractivity contribution is 7.15. The lowest BCUT2D eigenvalue weighted by Crippen LogP contribution is -1.94. The predicted octanol–water partition coefficient (Wildman–Crippen LogP) is 4.25. The molecule has 0 bridgehead atoms. The minimum Gasteiger partial charge on any atom is -0.286 e. The Morgan fingerprint density at radius 1 is 1.18 bits per heavy atom. The molecule has 0 aliphatic carbocycles. The number of nitriles is 1. The molecule has 4 nitrogen and oxygen atoms in total. The lowest BCUT2D eigenvalue weighted by atomic mass is 10.2. The van der Waals surface area contributed by atoms with Gasteiger partial charge in [-0.25, -0.2) is 4.98 Å². The zero-order valence-corrected chi connectivity index (χ0v) is 13.1. The average molecular weight is 322 g/mol. The molecule has 0 saturated heterocycles. The molecule has 0 spiro atoms. The zero-order valence-electron chi connectivity index (χ0n) is 11.4. The molecule has 4 aromatic heterocycles. The molecule has 0 unspecified atom stereocenters. The molecule has 4 heterocycles. The number of thiophene rings is 1. The number of hydrogen-bond acceptors (Lipinski definition) is 5. The molecule has 0 aromatic carbocycles. The minimum absolute atomic E-state index is 0.337. The van der Waals surface area contributed by atoms with Gasteiger partial charge in [0.05, 0.1) is 28.8 Å². The summed E-state index contributed by atoms with van der Waals surface area (Å²) in [5, 5.41) is 13.3. The smallest absolute Gasteiger partial charge is 0.195 e. The van der Waals surface area contributed by atoms with Crippen LogP contribution in [0.3, 0.4) is 0 Å². The summed E-state index contributed by atoms with van der Waals surface area (Å²) in [6.07, 6.45) is 3.89. The van der Waals surface area contributed by atoms with Crippen LogP contribution >= 0.6 is 22.7 Å². The zero-order chi connectivity index (χ0) is 14.9. The second kappa shape index (κ2) is 5.37. The van der Waals surface area contributed by atoms with E-state index in [1.165, 1.54) is 0 Å². The van der Waals surface area contributed by atoms with Gasteiger partial charge in [-0.15, -0.1) is 22.7 Å². The third-order valence-electron chi connectivity index (χ3n) is 3.44. The van der Waals surface area contributed by atoms with E-state index in [4.69, 9.17) is 4.98 Å². The average Bonchev–Trinajstić information content (AvgIpc) is 3.25. The summed E-state index contributed by atoms with van der Waals surface area (Å²) in [5.41, 5.74) is 4.00. The van der Waals surface area contributed by atoms with E-state index in [2.05, 4.69) is 20.8 Å². The van der Waals surface area contributed by atoms with Crippen LogP contribution in [-0.4, -0.2) is 14.4 Å². The van der Waals surface area contributed by atoms with Crippen molar-refractivity contribution in [3.63, 3.8) is 0 Å². The van der Waals surface area contributed by atoms with Crippen LogP contribution in [0.1, 0.15) is 5.69 Å². The van der Waals surface area contributed by atoms with Gasteiger partial charge >= 0.3 is 0 Å². The number of hydrogen-bond donors (Lipinski definition) is 0. The Bertz CT molecular complexity index is 959. The van der Waals surface area contributed by atoms with E-state index in [0.29, 0.717) is 6.42 Å². The van der Waals surface area contributed by atoms with Crippen LogP contribution in [0.25, 0.3) is 26.8 Å². The minimum atomic E-state index is 0.337. The SMILES string of the molecule is N#CCc1c(-c2cccs2)nc2scc(-c3ccncc3)n12. The summed E-state index contributed by atoms with van der Waals surface area (Å²) in [6, 6.07) is 10.3. The van der Waals surface area contributed by atoms with Crippen molar-refractivity contribution < 1.29 is 0 Å². The van der Waals surface area contributed by atoms with Gasteiger partial charge in [0.15, 0.2) is 4.96 Å². The van der Waals surface area contributed by atoms with Crippen LogP contribution < -0.4 is 0 Å². The molecule has 0 aliphatic heterocycles. The summed E-state index contributed by atoms with van der Waals surface area (Å²) >= 11 is 3.24. The number of nitrogens with zero attached hydrogens (tertiary/aromatic N) is 4. The van der Waals surface area contributed by atoms with Crippen molar-refractivity contribution >= 4 is 27.6 Å². The predicted molar refractivity (Wildman–Crippen MR) is 88.9 cm³/mol. The number of aromatic nitrogens is 3. The summed E-state index contributed by atoms with van der Waals surface area (Å²) in [4.78, 5) is 10.8. The van der Waals surface area contributed by atoms with Gasteiger partial charge in [0.1, 0.15) is 5.69 Å². The number of pyridine rings is 1. The van der Waals surface area contributed by atoms with Crippen molar-refractivity contribution in [1.29, 1.82) is 5.26 Å². The molecule has 0 radical (unpaired) electrons. The maximum Gasteiger partial charge on any atom is 0.195 e. The molecule has 0 N–H and O–H groups in total. The van der Waals surface area contributed by atoms with E-state index >= 15 is 0 Å². The number of imidazole rings is 1. The normalized spacial score (nSPS) is 10.9. The van der Waals surface area contributed by atoms with Gasteiger partial charge in [0, 0.05) is 23.3 Å². The van der Waals surface area contributed by atoms with Crippen LogP contribution in [0, 0.1) is 11.3 Å². The van der Waals surface area contributed by atoms with Gasteiger partial charge in [-0.05, 0) is 23.6 Å². The monoisotopic (exact) mass is 322 g/mol. The Hall–Kier alpha value is -2.49. The second-order valence-corrected chi connectivity index (χ2v) is 6.48. The second-order valence-electron chi connectivity index (χ2n) is 4.69. The van der Waals surface area contributed by atoms with Crippen molar-refractivity contribution in [2.45, 2.75) is 6.42 Å². The van der Waals surface area contributed by atoms with Crippen LogP contribution in [0.15, 0.2) is 47.4 Å². The van der Waals surface area contributed by atoms with Gasteiger partial charge in [0.2, 0.25) is 0 Å². The quantitative estimate of drug-likeness (QED) is 0.566. The first-order valence-electron chi connectivity index (χ1n) is 6.68. The molecule has 0 amide bonds. The molecule has 0 fully saturated rings. The maximum absolute atomic E-state index is 9.22. The molecular formula is C16H10N4S2. The fourth-order valence-corrected chi connectivity index (χ4v) is 4.14. The van der Waals surface area contributed by atoms with E-state index < -0.39 is 0 Å². The molecule has 0 atom stereocenters. The first kappa shape index (κ1) is 13.2. The molecule has 22 heavy (non-hydrogen) atoms. The van der Waals surface area contributed by atoms with Crippen molar-refractivity contribution in [2.75, 3.05) is 0 Å². The van der Waals surface area contributed by atoms with E-state index in [-0.39, 0.29) is 0 Å². The lowest BCUT2D eigenvalue weighted by molar-refractivity contribution is 1.08. The van der Waals surface area contributed by atoms with Crippen molar-refractivity contribution in [3.05, 3.63) is 53.1 Å². The summed E-state index contributed by atoms with van der Waals surface area (Å²) < 4.78 is 2.10. The van der Waals surface area contributed by atoms with Crippen LogP contribution in [0.5, 0.6) is 0 Å². The van der Waals surface area contributed by atoms with Crippen LogP contribution in [-0.2, 0) is 6.42 Å². The molecule has 4 rings (SSSR count). The Labute approximate surface area is 135 Å². The maximum atomic E-state index is 9.22. The highest BCUT2D eigenvalue weighted by Gasteiger charge is 2.19. The summed E-state index contributed by atoms with van der Waals surface area (Å²) in [6.45, 7) is 0. The molecule has 4 aromatic rings. The molecular weight excluding hydrogens is 312 g/mol.